The Hall–Kier alpha value is -1.43. The Morgan fingerprint density at radius 3 is 2.65 bits per heavy atom. The molecule has 2 N–H and O–H groups in total. The topological polar surface area (TPSA) is 79.3 Å². The molecule has 0 unspecified atom stereocenters. The Morgan fingerprint density at radius 1 is 1.47 bits per heavy atom. The van der Waals surface area contributed by atoms with E-state index in [1.807, 2.05) is 0 Å². The Balaban J connectivity index is 2.65. The SMILES string of the molecule is CC(C)(CNC(=O)c1cccc(Br)n1)C(=O)O. The van der Waals surface area contributed by atoms with Gasteiger partial charge in [-0.1, -0.05) is 6.07 Å². The number of carbonyl (C=O) groups excluding carboxylic acids is 1. The Bertz CT molecular complexity index is 446. The summed E-state index contributed by atoms with van der Waals surface area (Å²) in [5.41, 5.74) is -0.748. The highest BCUT2D eigenvalue weighted by molar-refractivity contribution is 9.10. The summed E-state index contributed by atoms with van der Waals surface area (Å²) >= 11 is 3.16. The van der Waals surface area contributed by atoms with E-state index in [9.17, 15) is 9.59 Å². The third-order valence-corrected chi connectivity index (χ3v) is 2.66. The van der Waals surface area contributed by atoms with Crippen molar-refractivity contribution in [2.75, 3.05) is 6.54 Å². The number of carboxylic acid groups (broad SMARTS) is 1. The van der Waals surface area contributed by atoms with Crippen LogP contribution in [0.1, 0.15) is 24.3 Å². The number of halogens is 1. The third-order valence-electron chi connectivity index (χ3n) is 2.22. The molecular weight excluding hydrogens is 288 g/mol. The fourth-order valence-electron chi connectivity index (χ4n) is 1.00. The fraction of sp³-hybridized carbons (Fsp3) is 0.364. The number of carbonyl (C=O) groups is 2. The van der Waals surface area contributed by atoms with E-state index in [1.54, 1.807) is 32.0 Å². The minimum atomic E-state index is -0.998. The third kappa shape index (κ3) is 3.81. The van der Waals surface area contributed by atoms with E-state index in [-0.39, 0.29) is 18.1 Å². The van der Waals surface area contributed by atoms with Crippen LogP contribution < -0.4 is 5.32 Å². The Labute approximate surface area is 107 Å². The normalized spacial score (nSPS) is 11.0. The van der Waals surface area contributed by atoms with Crippen molar-refractivity contribution in [2.45, 2.75) is 13.8 Å². The predicted octanol–water partition coefficient (Wildman–Crippen LogP) is 1.68. The minimum absolute atomic E-state index is 0.0510. The van der Waals surface area contributed by atoms with Gasteiger partial charge in [0.15, 0.2) is 0 Å². The molecule has 0 aromatic carbocycles. The average molecular weight is 301 g/mol. The molecule has 1 rings (SSSR count). The quantitative estimate of drug-likeness (QED) is 0.829. The highest BCUT2D eigenvalue weighted by atomic mass is 79.9. The molecule has 1 amide bonds. The van der Waals surface area contributed by atoms with Crippen LogP contribution in [0.2, 0.25) is 0 Å². The summed E-state index contributed by atoms with van der Waals surface area (Å²) < 4.78 is 0.558. The van der Waals surface area contributed by atoms with Crippen LogP contribution in [0.15, 0.2) is 22.8 Å². The van der Waals surface area contributed by atoms with Gasteiger partial charge in [-0.25, -0.2) is 4.98 Å². The molecular formula is C11H13BrN2O3. The minimum Gasteiger partial charge on any atom is -0.481 e. The lowest BCUT2D eigenvalue weighted by Gasteiger charge is -2.19. The first kappa shape index (κ1) is 13.6. The monoisotopic (exact) mass is 300 g/mol. The van der Waals surface area contributed by atoms with Gasteiger partial charge in [-0.15, -0.1) is 0 Å². The molecule has 0 saturated carbocycles. The van der Waals surface area contributed by atoms with Crippen LogP contribution in [-0.2, 0) is 4.79 Å². The number of amides is 1. The lowest BCUT2D eigenvalue weighted by molar-refractivity contribution is -0.146. The van der Waals surface area contributed by atoms with Crippen LogP contribution in [0.5, 0.6) is 0 Å². The number of nitrogens with one attached hydrogen (secondary N) is 1. The van der Waals surface area contributed by atoms with Crippen molar-refractivity contribution < 1.29 is 14.7 Å². The smallest absolute Gasteiger partial charge is 0.310 e. The van der Waals surface area contributed by atoms with Gasteiger partial charge in [0, 0.05) is 6.54 Å². The van der Waals surface area contributed by atoms with Crippen LogP contribution >= 0.6 is 15.9 Å². The van der Waals surface area contributed by atoms with Crippen molar-refractivity contribution in [3.05, 3.63) is 28.5 Å². The van der Waals surface area contributed by atoms with Gasteiger partial charge >= 0.3 is 5.97 Å². The first-order valence-corrected chi connectivity index (χ1v) is 5.76. The lowest BCUT2D eigenvalue weighted by atomic mass is 9.94. The first-order chi connectivity index (χ1) is 7.83. The van der Waals surface area contributed by atoms with E-state index in [1.165, 1.54) is 0 Å². The number of hydrogen-bond donors (Lipinski definition) is 2. The molecule has 1 aromatic heterocycles. The molecule has 0 aliphatic rings. The first-order valence-electron chi connectivity index (χ1n) is 4.97. The Morgan fingerprint density at radius 2 is 2.12 bits per heavy atom. The van der Waals surface area contributed by atoms with Crippen molar-refractivity contribution in [3.8, 4) is 0 Å². The second kappa shape index (κ2) is 5.27. The van der Waals surface area contributed by atoms with Crippen molar-refractivity contribution in [3.63, 3.8) is 0 Å². The molecule has 1 aromatic rings. The van der Waals surface area contributed by atoms with Crippen molar-refractivity contribution >= 4 is 27.8 Å². The molecule has 6 heteroatoms. The molecule has 92 valence electrons. The summed E-state index contributed by atoms with van der Waals surface area (Å²) in [7, 11) is 0. The van der Waals surface area contributed by atoms with E-state index in [0.717, 1.165) is 0 Å². The van der Waals surface area contributed by atoms with Crippen LogP contribution in [0.3, 0.4) is 0 Å². The summed E-state index contributed by atoms with van der Waals surface area (Å²) in [5, 5.41) is 11.4. The number of rotatable bonds is 4. The summed E-state index contributed by atoms with van der Waals surface area (Å²) in [6, 6.07) is 4.96. The zero-order valence-electron chi connectivity index (χ0n) is 9.53. The van der Waals surface area contributed by atoms with Gasteiger partial charge in [0.1, 0.15) is 10.3 Å². The zero-order chi connectivity index (χ0) is 13.1. The van der Waals surface area contributed by atoms with Gasteiger partial charge in [0.2, 0.25) is 0 Å². The van der Waals surface area contributed by atoms with Gasteiger partial charge < -0.3 is 10.4 Å². The van der Waals surface area contributed by atoms with Crippen LogP contribution in [0.4, 0.5) is 0 Å². The summed E-state index contributed by atoms with van der Waals surface area (Å²) in [6.07, 6.45) is 0. The highest BCUT2D eigenvalue weighted by Gasteiger charge is 2.27. The predicted molar refractivity (Wildman–Crippen MR) is 65.7 cm³/mol. The van der Waals surface area contributed by atoms with Crippen LogP contribution in [0, 0.1) is 5.41 Å². The van der Waals surface area contributed by atoms with Crippen molar-refractivity contribution in [1.82, 2.24) is 10.3 Å². The van der Waals surface area contributed by atoms with Gasteiger partial charge in [-0.05, 0) is 41.9 Å². The summed E-state index contributed by atoms with van der Waals surface area (Å²) in [5.74, 6) is -1.35. The van der Waals surface area contributed by atoms with E-state index in [2.05, 4.69) is 26.2 Å². The fourth-order valence-corrected chi connectivity index (χ4v) is 1.35. The van der Waals surface area contributed by atoms with Gasteiger partial charge in [-0.3, -0.25) is 9.59 Å². The van der Waals surface area contributed by atoms with Crippen molar-refractivity contribution in [2.24, 2.45) is 5.41 Å². The molecule has 0 aliphatic heterocycles. The standard InChI is InChI=1S/C11H13BrN2O3/c1-11(2,10(16)17)6-13-9(15)7-4-3-5-8(12)14-7/h3-5H,6H2,1-2H3,(H,13,15)(H,16,17). The molecule has 0 fully saturated rings. The van der Waals surface area contributed by atoms with E-state index in [0.29, 0.717) is 4.60 Å². The van der Waals surface area contributed by atoms with Crippen LogP contribution in [0.25, 0.3) is 0 Å². The summed E-state index contributed by atoms with van der Waals surface area (Å²) in [6.45, 7) is 3.14. The highest BCUT2D eigenvalue weighted by Crippen LogP contribution is 2.13. The van der Waals surface area contributed by atoms with E-state index < -0.39 is 11.4 Å². The molecule has 1 heterocycles. The average Bonchev–Trinajstić information content (AvgIpc) is 2.25. The second-order valence-corrected chi connectivity index (χ2v) is 5.03. The maximum atomic E-state index is 11.7. The maximum Gasteiger partial charge on any atom is 0.310 e. The van der Waals surface area contributed by atoms with Crippen molar-refractivity contribution in [1.29, 1.82) is 0 Å². The Kier molecular flexibility index (Phi) is 4.22. The molecule has 0 aliphatic carbocycles. The number of aromatic nitrogens is 1. The van der Waals surface area contributed by atoms with E-state index in [4.69, 9.17) is 5.11 Å². The molecule has 5 nitrogen and oxygen atoms in total. The molecule has 17 heavy (non-hydrogen) atoms. The summed E-state index contributed by atoms with van der Waals surface area (Å²) in [4.78, 5) is 26.5. The molecule has 0 atom stereocenters. The zero-order valence-corrected chi connectivity index (χ0v) is 11.1. The largest absolute Gasteiger partial charge is 0.481 e. The number of pyridine rings is 1. The number of hydrogen-bond acceptors (Lipinski definition) is 3. The van der Waals surface area contributed by atoms with Gasteiger partial charge in [0.05, 0.1) is 5.41 Å². The van der Waals surface area contributed by atoms with Gasteiger partial charge in [0.25, 0.3) is 5.91 Å². The number of nitrogens with zero attached hydrogens (tertiary/aromatic N) is 1. The molecule has 0 bridgehead atoms. The van der Waals surface area contributed by atoms with E-state index >= 15 is 0 Å². The van der Waals surface area contributed by atoms with Gasteiger partial charge in [-0.2, -0.15) is 0 Å². The molecule has 0 saturated heterocycles. The number of aliphatic carboxylic acids is 1. The molecule has 0 radical (unpaired) electrons. The second-order valence-electron chi connectivity index (χ2n) is 4.22. The molecule has 0 spiro atoms. The maximum absolute atomic E-state index is 11.7. The van der Waals surface area contributed by atoms with Crippen LogP contribution in [-0.4, -0.2) is 28.5 Å². The number of carboxylic acids is 1. The lowest BCUT2D eigenvalue weighted by Crippen LogP contribution is -2.39.